The van der Waals surface area contributed by atoms with Gasteiger partial charge in [0.05, 0.1) is 5.56 Å². The molecule has 0 unspecified atom stereocenters. The molecule has 0 amide bonds. The molecule has 0 spiro atoms. The van der Waals surface area contributed by atoms with Gasteiger partial charge in [0.15, 0.2) is 0 Å². The minimum absolute atomic E-state index is 0.194. The number of benzene rings is 1. The van der Waals surface area contributed by atoms with Crippen LogP contribution < -0.4 is 5.73 Å². The van der Waals surface area contributed by atoms with Crippen molar-refractivity contribution in [2.45, 2.75) is 6.42 Å². The lowest BCUT2D eigenvalue weighted by Crippen LogP contribution is -1.99. The van der Waals surface area contributed by atoms with Crippen molar-refractivity contribution in [1.29, 1.82) is 0 Å². The van der Waals surface area contributed by atoms with Crippen LogP contribution in [0.2, 0.25) is 0 Å². The van der Waals surface area contributed by atoms with Crippen molar-refractivity contribution in [3.05, 3.63) is 29.3 Å². The van der Waals surface area contributed by atoms with E-state index in [0.717, 1.165) is 0 Å². The summed E-state index contributed by atoms with van der Waals surface area (Å²) in [4.78, 5) is 10.7. The van der Waals surface area contributed by atoms with Gasteiger partial charge in [0.2, 0.25) is 0 Å². The maximum absolute atomic E-state index is 10.7. The fourth-order valence-electron chi connectivity index (χ4n) is 1.01. The Morgan fingerprint density at radius 1 is 1.53 bits per heavy atom. The fraction of sp³-hybridized carbons (Fsp3) is 0.182. The number of carbonyl (C=O) groups is 1. The Bertz CT molecular complexity index is 432. The molecular weight excluding hydrogens is 210 g/mol. The van der Waals surface area contributed by atoms with Gasteiger partial charge in [-0.3, -0.25) is 0 Å². The van der Waals surface area contributed by atoms with Crippen molar-refractivity contribution >= 4 is 24.3 Å². The second-order valence-electron chi connectivity index (χ2n) is 2.88. The van der Waals surface area contributed by atoms with Gasteiger partial charge in [0, 0.05) is 23.4 Å². The summed E-state index contributed by atoms with van der Waals surface area (Å²) >= 11 is 4.02. The first-order valence-corrected chi connectivity index (χ1v) is 5.01. The van der Waals surface area contributed by atoms with E-state index in [4.69, 9.17) is 10.8 Å². The first-order chi connectivity index (χ1) is 7.15. The van der Waals surface area contributed by atoms with Gasteiger partial charge >= 0.3 is 5.97 Å². The summed E-state index contributed by atoms with van der Waals surface area (Å²) in [5.41, 5.74) is 6.90. The molecule has 3 nitrogen and oxygen atoms in total. The highest BCUT2D eigenvalue weighted by Crippen LogP contribution is 2.13. The van der Waals surface area contributed by atoms with Crippen LogP contribution >= 0.6 is 12.6 Å². The molecule has 0 saturated heterocycles. The smallest absolute Gasteiger partial charge is 0.335 e. The number of hydrogen-bond donors (Lipinski definition) is 3. The van der Waals surface area contributed by atoms with E-state index in [1.54, 1.807) is 6.07 Å². The molecule has 78 valence electrons. The highest BCUT2D eigenvalue weighted by Gasteiger charge is 2.04. The molecule has 0 atom stereocenters. The lowest BCUT2D eigenvalue weighted by molar-refractivity contribution is 0.0697. The number of carboxylic acids is 1. The summed E-state index contributed by atoms with van der Waals surface area (Å²) in [5.74, 6) is 5.37. The van der Waals surface area contributed by atoms with Crippen LogP contribution in [0.15, 0.2) is 18.2 Å². The molecule has 0 fully saturated rings. The van der Waals surface area contributed by atoms with E-state index in [1.165, 1.54) is 12.1 Å². The molecule has 0 aromatic heterocycles. The molecule has 1 aromatic rings. The molecule has 3 N–H and O–H groups in total. The van der Waals surface area contributed by atoms with E-state index in [0.29, 0.717) is 23.4 Å². The molecule has 1 aromatic carbocycles. The highest BCUT2D eigenvalue weighted by molar-refractivity contribution is 7.80. The van der Waals surface area contributed by atoms with Crippen LogP contribution in [0.4, 0.5) is 5.69 Å². The highest BCUT2D eigenvalue weighted by atomic mass is 32.1. The molecule has 0 aliphatic rings. The average Bonchev–Trinajstić information content (AvgIpc) is 2.20. The van der Waals surface area contributed by atoms with Crippen molar-refractivity contribution in [3.8, 4) is 11.8 Å². The zero-order valence-corrected chi connectivity index (χ0v) is 8.92. The lowest BCUT2D eigenvalue weighted by Gasteiger charge is -1.99. The van der Waals surface area contributed by atoms with Gasteiger partial charge in [0.25, 0.3) is 0 Å². The molecule has 15 heavy (non-hydrogen) atoms. The average molecular weight is 221 g/mol. The van der Waals surface area contributed by atoms with Crippen molar-refractivity contribution in [2.75, 3.05) is 11.5 Å². The molecular formula is C11H11NO2S. The Kier molecular flexibility index (Phi) is 4.07. The van der Waals surface area contributed by atoms with Crippen molar-refractivity contribution < 1.29 is 9.90 Å². The van der Waals surface area contributed by atoms with Gasteiger partial charge in [-0.2, -0.15) is 12.6 Å². The molecule has 0 aliphatic carbocycles. The van der Waals surface area contributed by atoms with Gasteiger partial charge < -0.3 is 10.8 Å². The van der Waals surface area contributed by atoms with E-state index in [2.05, 4.69) is 24.5 Å². The second-order valence-corrected chi connectivity index (χ2v) is 3.33. The maximum Gasteiger partial charge on any atom is 0.335 e. The van der Waals surface area contributed by atoms with Crippen molar-refractivity contribution in [3.63, 3.8) is 0 Å². The summed E-state index contributed by atoms with van der Waals surface area (Å²) in [6, 6.07) is 4.48. The SMILES string of the molecule is Nc1ccc(C(=O)O)cc1C#CCCS. The number of nitrogen functional groups attached to an aromatic ring is 1. The number of hydrogen-bond acceptors (Lipinski definition) is 3. The van der Waals surface area contributed by atoms with E-state index < -0.39 is 5.97 Å². The van der Waals surface area contributed by atoms with Gasteiger partial charge in [-0.05, 0) is 18.2 Å². The second kappa shape index (κ2) is 5.32. The number of anilines is 1. The standard InChI is InChI=1S/C11H11NO2S/c12-10-5-4-9(11(13)14)7-8(10)3-1-2-6-15/h4-5,7,15H,2,6,12H2,(H,13,14). The van der Waals surface area contributed by atoms with Crippen LogP contribution in [-0.4, -0.2) is 16.8 Å². The Labute approximate surface area is 93.7 Å². The number of aromatic carboxylic acids is 1. The number of carboxylic acid groups (broad SMARTS) is 1. The quantitative estimate of drug-likeness (QED) is 0.404. The van der Waals surface area contributed by atoms with E-state index in [9.17, 15) is 4.79 Å². The Morgan fingerprint density at radius 2 is 2.27 bits per heavy atom. The number of nitrogens with two attached hydrogens (primary N) is 1. The predicted molar refractivity (Wildman–Crippen MR) is 63.2 cm³/mol. The van der Waals surface area contributed by atoms with Gasteiger partial charge in [-0.1, -0.05) is 11.8 Å². The zero-order chi connectivity index (χ0) is 11.3. The predicted octanol–water partition coefficient (Wildman–Crippen LogP) is 1.64. The van der Waals surface area contributed by atoms with Gasteiger partial charge in [-0.25, -0.2) is 4.79 Å². The third-order valence-electron chi connectivity index (χ3n) is 1.76. The van der Waals surface area contributed by atoms with Crippen molar-refractivity contribution in [1.82, 2.24) is 0 Å². The van der Waals surface area contributed by atoms with Crippen LogP contribution in [0.25, 0.3) is 0 Å². The lowest BCUT2D eigenvalue weighted by atomic mass is 10.1. The first-order valence-electron chi connectivity index (χ1n) is 4.37. The normalized spacial score (nSPS) is 9.13. The van der Waals surface area contributed by atoms with E-state index in [-0.39, 0.29) is 5.56 Å². The molecule has 0 saturated carbocycles. The van der Waals surface area contributed by atoms with Crippen LogP contribution in [0.5, 0.6) is 0 Å². The van der Waals surface area contributed by atoms with Crippen LogP contribution in [0.1, 0.15) is 22.3 Å². The fourth-order valence-corrected chi connectivity index (χ4v) is 1.12. The Hall–Kier alpha value is -1.60. The van der Waals surface area contributed by atoms with Gasteiger partial charge in [0.1, 0.15) is 0 Å². The zero-order valence-electron chi connectivity index (χ0n) is 8.03. The first kappa shape index (κ1) is 11.5. The molecule has 0 heterocycles. The van der Waals surface area contributed by atoms with E-state index >= 15 is 0 Å². The summed E-state index contributed by atoms with van der Waals surface area (Å²) < 4.78 is 0. The topological polar surface area (TPSA) is 63.3 Å². The Balaban J connectivity index is 3.02. The third kappa shape index (κ3) is 3.22. The summed E-state index contributed by atoms with van der Waals surface area (Å²) in [7, 11) is 0. The summed E-state index contributed by atoms with van der Waals surface area (Å²) in [6.45, 7) is 0. The Morgan fingerprint density at radius 3 is 2.87 bits per heavy atom. The number of rotatable bonds is 2. The largest absolute Gasteiger partial charge is 0.478 e. The molecule has 1 rings (SSSR count). The monoisotopic (exact) mass is 221 g/mol. The van der Waals surface area contributed by atoms with Gasteiger partial charge in [-0.15, -0.1) is 0 Å². The summed E-state index contributed by atoms with van der Waals surface area (Å²) in [5, 5.41) is 8.77. The van der Waals surface area contributed by atoms with E-state index in [1.807, 2.05) is 0 Å². The van der Waals surface area contributed by atoms with Crippen molar-refractivity contribution in [2.24, 2.45) is 0 Å². The molecule has 0 aliphatic heterocycles. The third-order valence-corrected chi connectivity index (χ3v) is 1.98. The van der Waals surface area contributed by atoms with Crippen LogP contribution in [0, 0.1) is 11.8 Å². The minimum Gasteiger partial charge on any atom is -0.478 e. The number of thiol groups is 1. The molecule has 0 radical (unpaired) electrons. The molecule has 4 heteroatoms. The van der Waals surface area contributed by atoms with Crippen LogP contribution in [0.3, 0.4) is 0 Å². The minimum atomic E-state index is -0.979. The maximum atomic E-state index is 10.7. The summed E-state index contributed by atoms with van der Waals surface area (Å²) in [6.07, 6.45) is 0.653. The van der Waals surface area contributed by atoms with Crippen LogP contribution in [-0.2, 0) is 0 Å². The molecule has 0 bridgehead atoms.